The highest BCUT2D eigenvalue weighted by molar-refractivity contribution is 5.42. The van der Waals surface area contributed by atoms with Gasteiger partial charge in [0.2, 0.25) is 0 Å². The lowest BCUT2D eigenvalue weighted by atomic mass is 10.1. The van der Waals surface area contributed by atoms with Crippen LogP contribution in [0.5, 0.6) is 0 Å². The summed E-state index contributed by atoms with van der Waals surface area (Å²) in [5, 5.41) is 17.8. The summed E-state index contributed by atoms with van der Waals surface area (Å²) >= 11 is 0. The van der Waals surface area contributed by atoms with E-state index in [1.54, 1.807) is 0 Å². The van der Waals surface area contributed by atoms with Gasteiger partial charge >= 0.3 is 0 Å². The molecule has 3 nitrogen and oxygen atoms in total. The summed E-state index contributed by atoms with van der Waals surface area (Å²) in [6.07, 6.45) is 0.823. The molecule has 0 amide bonds. The zero-order chi connectivity index (χ0) is 13.0. The van der Waals surface area contributed by atoms with Crippen LogP contribution in [0.2, 0.25) is 0 Å². The normalized spacial score (nSPS) is 19.3. The molecule has 0 aliphatic carbocycles. The molecular formula is C15H15N3. The largest absolute Gasteiger partial charge is 0.292 e. The molecule has 0 saturated carbocycles. The number of allylic oxidation sites excluding steroid dienone is 1. The molecule has 0 radical (unpaired) electrons. The first kappa shape index (κ1) is 12.4. The highest BCUT2D eigenvalue weighted by atomic mass is 15.2. The van der Waals surface area contributed by atoms with Crippen molar-refractivity contribution < 1.29 is 0 Å². The third kappa shape index (κ3) is 2.59. The van der Waals surface area contributed by atoms with E-state index in [-0.39, 0.29) is 5.57 Å². The molecule has 0 N–H and O–H groups in total. The van der Waals surface area contributed by atoms with Gasteiger partial charge in [-0.2, -0.15) is 10.5 Å². The maximum absolute atomic E-state index is 8.90. The van der Waals surface area contributed by atoms with Gasteiger partial charge in [-0.15, -0.1) is 0 Å². The third-order valence-corrected chi connectivity index (χ3v) is 3.36. The van der Waals surface area contributed by atoms with E-state index in [2.05, 4.69) is 24.0 Å². The van der Waals surface area contributed by atoms with E-state index >= 15 is 0 Å². The van der Waals surface area contributed by atoms with E-state index in [0.717, 1.165) is 25.1 Å². The molecule has 1 heterocycles. The molecule has 0 bridgehead atoms. The first-order valence-corrected chi connectivity index (χ1v) is 6.04. The fourth-order valence-corrected chi connectivity index (χ4v) is 2.35. The van der Waals surface area contributed by atoms with Crippen molar-refractivity contribution in [1.82, 2.24) is 4.90 Å². The molecule has 1 fully saturated rings. The lowest BCUT2D eigenvalue weighted by Gasteiger charge is -2.20. The molecule has 1 aromatic carbocycles. The number of benzene rings is 1. The van der Waals surface area contributed by atoms with Gasteiger partial charge in [-0.1, -0.05) is 30.3 Å². The molecule has 1 aliphatic rings. The van der Waals surface area contributed by atoms with E-state index in [0.29, 0.717) is 6.04 Å². The zero-order valence-electron chi connectivity index (χ0n) is 10.4. The number of rotatable bonds is 2. The lowest BCUT2D eigenvalue weighted by Crippen LogP contribution is -2.26. The number of nitriles is 2. The van der Waals surface area contributed by atoms with Crippen molar-refractivity contribution in [2.75, 3.05) is 6.54 Å². The van der Waals surface area contributed by atoms with Crippen LogP contribution in [0.1, 0.15) is 18.9 Å². The Bertz CT molecular complexity index is 515. The zero-order valence-corrected chi connectivity index (χ0v) is 10.4. The second-order valence-electron chi connectivity index (χ2n) is 4.65. The predicted molar refractivity (Wildman–Crippen MR) is 69.2 cm³/mol. The van der Waals surface area contributed by atoms with Crippen LogP contribution in [-0.4, -0.2) is 17.5 Å². The van der Waals surface area contributed by atoms with E-state index in [1.807, 2.05) is 30.3 Å². The van der Waals surface area contributed by atoms with Crippen LogP contribution in [0.4, 0.5) is 0 Å². The first-order chi connectivity index (χ1) is 8.74. The van der Waals surface area contributed by atoms with Crippen LogP contribution in [0.15, 0.2) is 41.5 Å². The van der Waals surface area contributed by atoms with E-state index in [9.17, 15) is 0 Å². The molecule has 90 valence electrons. The summed E-state index contributed by atoms with van der Waals surface area (Å²) in [7, 11) is 0. The fraction of sp³-hybridized carbons (Fsp3) is 0.333. The van der Waals surface area contributed by atoms with Crippen molar-refractivity contribution in [2.45, 2.75) is 25.9 Å². The topological polar surface area (TPSA) is 50.8 Å². The van der Waals surface area contributed by atoms with Crippen LogP contribution in [0, 0.1) is 22.7 Å². The lowest BCUT2D eigenvalue weighted by molar-refractivity contribution is 0.262. The molecule has 0 aromatic heterocycles. The van der Waals surface area contributed by atoms with E-state index < -0.39 is 0 Å². The molecule has 1 atom stereocenters. The summed E-state index contributed by atoms with van der Waals surface area (Å²) in [4.78, 5) is 2.30. The standard InChI is InChI=1S/C15H15N3/c1-12-7-14(15(8-16)9-17)11-18(12)10-13-5-3-2-4-6-13/h2-6,12H,7,10-11H2,1H3. The number of nitrogens with zero attached hydrogens (tertiary/aromatic N) is 3. The first-order valence-electron chi connectivity index (χ1n) is 6.04. The maximum Gasteiger partial charge on any atom is 0.130 e. The Kier molecular flexibility index (Phi) is 3.77. The van der Waals surface area contributed by atoms with Gasteiger partial charge in [-0.3, -0.25) is 4.90 Å². The molecule has 1 aliphatic heterocycles. The van der Waals surface area contributed by atoms with Crippen molar-refractivity contribution in [3.05, 3.63) is 47.0 Å². The van der Waals surface area contributed by atoms with Gasteiger partial charge in [0.1, 0.15) is 17.7 Å². The quantitative estimate of drug-likeness (QED) is 0.743. The average Bonchev–Trinajstić information content (AvgIpc) is 2.74. The Morgan fingerprint density at radius 2 is 1.94 bits per heavy atom. The van der Waals surface area contributed by atoms with Gasteiger partial charge in [0.25, 0.3) is 0 Å². The minimum Gasteiger partial charge on any atom is -0.292 e. The van der Waals surface area contributed by atoms with Crippen molar-refractivity contribution in [3.8, 4) is 12.1 Å². The van der Waals surface area contributed by atoms with Crippen LogP contribution in [-0.2, 0) is 6.54 Å². The number of likely N-dealkylation sites (tertiary alicyclic amines) is 1. The maximum atomic E-state index is 8.90. The smallest absolute Gasteiger partial charge is 0.130 e. The van der Waals surface area contributed by atoms with Crippen LogP contribution >= 0.6 is 0 Å². The Morgan fingerprint density at radius 3 is 2.56 bits per heavy atom. The second kappa shape index (κ2) is 5.49. The molecule has 0 spiro atoms. The van der Waals surface area contributed by atoms with Gasteiger partial charge < -0.3 is 0 Å². The molecule has 1 unspecified atom stereocenters. The van der Waals surface area contributed by atoms with Gasteiger partial charge in [-0.25, -0.2) is 0 Å². The van der Waals surface area contributed by atoms with Gasteiger partial charge in [0.05, 0.1) is 0 Å². The van der Waals surface area contributed by atoms with Crippen molar-refractivity contribution in [1.29, 1.82) is 10.5 Å². The second-order valence-corrected chi connectivity index (χ2v) is 4.65. The Morgan fingerprint density at radius 1 is 1.28 bits per heavy atom. The highest BCUT2D eigenvalue weighted by Crippen LogP contribution is 2.26. The van der Waals surface area contributed by atoms with Crippen molar-refractivity contribution in [3.63, 3.8) is 0 Å². The van der Waals surface area contributed by atoms with E-state index in [4.69, 9.17) is 10.5 Å². The Labute approximate surface area is 108 Å². The molecule has 3 heteroatoms. The predicted octanol–water partition coefficient (Wildman–Crippen LogP) is 2.62. The molecule has 18 heavy (non-hydrogen) atoms. The summed E-state index contributed by atoms with van der Waals surface area (Å²) in [6.45, 7) is 3.74. The van der Waals surface area contributed by atoms with Crippen molar-refractivity contribution in [2.24, 2.45) is 0 Å². The van der Waals surface area contributed by atoms with Gasteiger partial charge in [0.15, 0.2) is 0 Å². The van der Waals surface area contributed by atoms with Crippen LogP contribution in [0.3, 0.4) is 0 Å². The summed E-state index contributed by atoms with van der Waals surface area (Å²) in [6, 6.07) is 14.6. The molecular weight excluding hydrogens is 222 g/mol. The van der Waals surface area contributed by atoms with Crippen LogP contribution in [0.25, 0.3) is 0 Å². The fourth-order valence-electron chi connectivity index (χ4n) is 2.35. The summed E-state index contributed by atoms with van der Waals surface area (Å²) in [5.41, 5.74) is 2.53. The monoisotopic (exact) mass is 237 g/mol. The average molecular weight is 237 g/mol. The summed E-state index contributed by atoms with van der Waals surface area (Å²) in [5.74, 6) is 0. The molecule has 2 rings (SSSR count). The number of hydrogen-bond donors (Lipinski definition) is 0. The van der Waals surface area contributed by atoms with Crippen LogP contribution < -0.4 is 0 Å². The number of hydrogen-bond acceptors (Lipinski definition) is 3. The van der Waals surface area contributed by atoms with Crippen molar-refractivity contribution >= 4 is 0 Å². The third-order valence-electron chi connectivity index (χ3n) is 3.36. The molecule has 1 saturated heterocycles. The minimum atomic E-state index is 0.289. The SMILES string of the molecule is CC1CC(=C(C#N)C#N)CN1Cc1ccccc1. The Balaban J connectivity index is 2.12. The van der Waals surface area contributed by atoms with Gasteiger partial charge in [-0.05, 0) is 24.5 Å². The minimum absolute atomic E-state index is 0.289. The highest BCUT2D eigenvalue weighted by Gasteiger charge is 2.26. The molecule has 1 aromatic rings. The van der Waals surface area contributed by atoms with Gasteiger partial charge in [0, 0.05) is 19.1 Å². The Hall–Kier alpha value is -2.10. The van der Waals surface area contributed by atoms with E-state index in [1.165, 1.54) is 5.56 Å². The summed E-state index contributed by atoms with van der Waals surface area (Å²) < 4.78 is 0.